The first-order valence-corrected chi connectivity index (χ1v) is 7.46. The normalized spacial score (nSPS) is 10.5. The van der Waals surface area contributed by atoms with Gasteiger partial charge in [-0.15, -0.1) is 11.3 Å². The van der Waals surface area contributed by atoms with E-state index in [-0.39, 0.29) is 0 Å². The number of aromatic nitrogens is 1. The topological polar surface area (TPSA) is 16.1 Å². The highest BCUT2D eigenvalue weighted by molar-refractivity contribution is 9.08. The molecular weight excluding hydrogens is 296 g/mol. The van der Waals surface area contributed by atoms with Gasteiger partial charge in [-0.25, -0.2) is 4.98 Å². The molecule has 1 heterocycles. The lowest BCUT2D eigenvalue weighted by molar-refractivity contribution is 0.920. The monoisotopic (exact) mass is 310 g/mol. The van der Waals surface area contributed by atoms with Crippen molar-refractivity contribution >= 4 is 33.0 Å². The first-order chi connectivity index (χ1) is 8.22. The third-order valence-corrected chi connectivity index (χ3v) is 4.30. The maximum absolute atomic E-state index is 4.29. The van der Waals surface area contributed by atoms with Crippen LogP contribution in [0.5, 0.6) is 0 Å². The number of thiazole rings is 1. The van der Waals surface area contributed by atoms with Gasteiger partial charge in [0.15, 0.2) is 0 Å². The third kappa shape index (κ3) is 2.87. The van der Waals surface area contributed by atoms with E-state index in [0.717, 1.165) is 17.6 Å². The summed E-state index contributed by atoms with van der Waals surface area (Å²) in [5, 5.41) is 0.884. The van der Waals surface area contributed by atoms with Gasteiger partial charge in [0, 0.05) is 22.9 Å². The van der Waals surface area contributed by atoms with Crippen LogP contribution in [0.4, 0.5) is 5.69 Å². The van der Waals surface area contributed by atoms with Crippen molar-refractivity contribution in [2.75, 3.05) is 11.9 Å². The van der Waals surface area contributed by atoms with E-state index >= 15 is 0 Å². The Morgan fingerprint density at radius 3 is 2.76 bits per heavy atom. The summed E-state index contributed by atoms with van der Waals surface area (Å²) in [6.45, 7) is 2.98. The number of hydrogen-bond donors (Lipinski definition) is 0. The minimum absolute atomic E-state index is 0.884. The standard InChI is InChI=1S/C13H15BrN2S/c1-10-13(17-9-15-10)8-16(2)12-6-4-3-5-11(12)7-14/h3-6,9H,7-8H2,1-2H3. The number of alkyl halides is 1. The van der Waals surface area contributed by atoms with Crippen molar-refractivity contribution in [3.63, 3.8) is 0 Å². The van der Waals surface area contributed by atoms with Crippen LogP contribution >= 0.6 is 27.3 Å². The zero-order valence-corrected chi connectivity index (χ0v) is 12.4. The van der Waals surface area contributed by atoms with E-state index in [1.165, 1.54) is 16.1 Å². The molecule has 0 saturated heterocycles. The quantitative estimate of drug-likeness (QED) is 0.794. The Morgan fingerprint density at radius 1 is 1.35 bits per heavy atom. The molecule has 0 aliphatic rings. The number of rotatable bonds is 4. The second-order valence-electron chi connectivity index (χ2n) is 3.98. The highest BCUT2D eigenvalue weighted by Gasteiger charge is 2.09. The second kappa shape index (κ2) is 5.65. The molecule has 2 nitrogen and oxygen atoms in total. The van der Waals surface area contributed by atoms with Gasteiger partial charge in [0.1, 0.15) is 0 Å². The maximum atomic E-state index is 4.29. The molecule has 0 amide bonds. The molecule has 17 heavy (non-hydrogen) atoms. The van der Waals surface area contributed by atoms with Gasteiger partial charge in [-0.3, -0.25) is 0 Å². The largest absolute Gasteiger partial charge is 0.369 e. The van der Waals surface area contributed by atoms with Crippen molar-refractivity contribution in [3.8, 4) is 0 Å². The predicted molar refractivity (Wildman–Crippen MR) is 78.0 cm³/mol. The zero-order chi connectivity index (χ0) is 12.3. The molecule has 90 valence electrons. The molecule has 0 aliphatic carbocycles. The Kier molecular flexibility index (Phi) is 4.18. The minimum atomic E-state index is 0.884. The summed E-state index contributed by atoms with van der Waals surface area (Å²) in [7, 11) is 2.13. The number of halogens is 1. The lowest BCUT2D eigenvalue weighted by Gasteiger charge is -2.21. The summed E-state index contributed by atoms with van der Waals surface area (Å²) >= 11 is 5.25. The number of anilines is 1. The molecular formula is C13H15BrN2S. The molecule has 2 aromatic rings. The van der Waals surface area contributed by atoms with E-state index in [9.17, 15) is 0 Å². The maximum Gasteiger partial charge on any atom is 0.0798 e. The van der Waals surface area contributed by atoms with Crippen LogP contribution in [-0.2, 0) is 11.9 Å². The molecule has 1 aromatic carbocycles. The number of aryl methyl sites for hydroxylation is 1. The molecule has 0 aliphatic heterocycles. The van der Waals surface area contributed by atoms with Crippen molar-refractivity contribution < 1.29 is 0 Å². The van der Waals surface area contributed by atoms with Gasteiger partial charge in [-0.05, 0) is 18.6 Å². The van der Waals surface area contributed by atoms with Crippen LogP contribution < -0.4 is 4.90 Å². The van der Waals surface area contributed by atoms with Gasteiger partial charge in [0.2, 0.25) is 0 Å². The summed E-state index contributed by atoms with van der Waals surface area (Å²) in [5.41, 5.74) is 5.64. The van der Waals surface area contributed by atoms with Crippen molar-refractivity contribution in [1.29, 1.82) is 0 Å². The molecule has 0 fully saturated rings. The van der Waals surface area contributed by atoms with Crippen molar-refractivity contribution in [3.05, 3.63) is 45.9 Å². The van der Waals surface area contributed by atoms with E-state index in [0.29, 0.717) is 0 Å². The van der Waals surface area contributed by atoms with E-state index in [2.05, 4.69) is 64.1 Å². The van der Waals surface area contributed by atoms with Crippen molar-refractivity contribution in [2.45, 2.75) is 18.8 Å². The van der Waals surface area contributed by atoms with Gasteiger partial charge >= 0.3 is 0 Å². The Morgan fingerprint density at radius 2 is 2.12 bits per heavy atom. The molecule has 0 bridgehead atoms. The third-order valence-electron chi connectivity index (χ3n) is 2.77. The summed E-state index contributed by atoms with van der Waals surface area (Å²) in [5.74, 6) is 0. The molecule has 1 aromatic heterocycles. The average Bonchev–Trinajstić information content (AvgIpc) is 2.75. The lowest BCUT2D eigenvalue weighted by Crippen LogP contribution is -2.17. The highest BCUT2D eigenvalue weighted by Crippen LogP contribution is 2.24. The SMILES string of the molecule is Cc1ncsc1CN(C)c1ccccc1CBr. The number of hydrogen-bond acceptors (Lipinski definition) is 3. The van der Waals surface area contributed by atoms with Crippen LogP contribution in [0.2, 0.25) is 0 Å². The fourth-order valence-corrected chi connectivity index (χ4v) is 3.08. The smallest absolute Gasteiger partial charge is 0.0798 e. The molecule has 0 saturated carbocycles. The lowest BCUT2D eigenvalue weighted by atomic mass is 10.2. The molecule has 0 unspecified atom stereocenters. The molecule has 0 radical (unpaired) electrons. The van der Waals surface area contributed by atoms with Crippen LogP contribution in [0.15, 0.2) is 29.8 Å². The molecule has 4 heteroatoms. The fourth-order valence-electron chi connectivity index (χ4n) is 1.77. The van der Waals surface area contributed by atoms with Crippen molar-refractivity contribution in [2.24, 2.45) is 0 Å². The van der Waals surface area contributed by atoms with Gasteiger partial charge in [0.25, 0.3) is 0 Å². The van der Waals surface area contributed by atoms with E-state index < -0.39 is 0 Å². The number of para-hydroxylation sites is 1. The van der Waals surface area contributed by atoms with Gasteiger partial charge in [-0.2, -0.15) is 0 Å². The molecule has 2 rings (SSSR count). The Bertz CT molecular complexity index is 496. The van der Waals surface area contributed by atoms with E-state index in [1.807, 2.05) is 5.51 Å². The van der Waals surface area contributed by atoms with Crippen LogP contribution in [-0.4, -0.2) is 12.0 Å². The summed E-state index contributed by atoms with van der Waals surface area (Å²) in [6.07, 6.45) is 0. The minimum Gasteiger partial charge on any atom is -0.369 e. The number of benzene rings is 1. The Balaban J connectivity index is 2.20. The van der Waals surface area contributed by atoms with Crippen LogP contribution in [0.25, 0.3) is 0 Å². The van der Waals surface area contributed by atoms with E-state index in [1.54, 1.807) is 11.3 Å². The second-order valence-corrected chi connectivity index (χ2v) is 5.48. The first-order valence-electron chi connectivity index (χ1n) is 5.46. The van der Waals surface area contributed by atoms with Crippen LogP contribution in [0.3, 0.4) is 0 Å². The predicted octanol–water partition coefficient (Wildman–Crippen LogP) is 3.98. The average molecular weight is 311 g/mol. The zero-order valence-electron chi connectivity index (χ0n) is 9.98. The van der Waals surface area contributed by atoms with Gasteiger partial charge < -0.3 is 4.90 Å². The summed E-state index contributed by atoms with van der Waals surface area (Å²) in [6, 6.07) is 8.47. The Labute approximate surface area is 114 Å². The highest BCUT2D eigenvalue weighted by atomic mass is 79.9. The van der Waals surface area contributed by atoms with Crippen LogP contribution in [0.1, 0.15) is 16.1 Å². The molecule has 0 atom stereocenters. The molecule has 0 spiro atoms. The van der Waals surface area contributed by atoms with Gasteiger partial charge in [-0.1, -0.05) is 34.1 Å². The summed E-state index contributed by atoms with van der Waals surface area (Å²) < 4.78 is 0. The number of nitrogens with zero attached hydrogens (tertiary/aromatic N) is 2. The van der Waals surface area contributed by atoms with Crippen LogP contribution in [0, 0.1) is 6.92 Å². The fraction of sp³-hybridized carbons (Fsp3) is 0.308. The summed E-state index contributed by atoms with van der Waals surface area (Å²) in [4.78, 5) is 7.89. The molecule has 0 N–H and O–H groups in total. The van der Waals surface area contributed by atoms with Gasteiger partial charge in [0.05, 0.1) is 17.7 Å². The first kappa shape index (κ1) is 12.6. The van der Waals surface area contributed by atoms with Crippen molar-refractivity contribution in [1.82, 2.24) is 4.98 Å². The Hall–Kier alpha value is -0.870. The van der Waals surface area contributed by atoms with E-state index in [4.69, 9.17) is 0 Å².